The molecule has 1 aromatic carbocycles. The molecule has 1 aromatic rings. The molecule has 0 amide bonds. The molecule has 0 bridgehead atoms. The summed E-state index contributed by atoms with van der Waals surface area (Å²) < 4.78 is 48.8. The number of anilines is 1. The lowest BCUT2D eigenvalue weighted by Crippen LogP contribution is -2.43. The first kappa shape index (κ1) is 16.4. The van der Waals surface area contributed by atoms with Crippen molar-refractivity contribution in [2.75, 3.05) is 17.3 Å². The largest absolute Gasteiger partial charge is 0.368 e. The van der Waals surface area contributed by atoms with E-state index in [4.69, 9.17) is 0 Å². The van der Waals surface area contributed by atoms with Crippen molar-refractivity contribution in [2.24, 2.45) is 0 Å². The normalized spacial score (nSPS) is 12.8. The topological polar surface area (TPSA) is 37.4 Å². The number of rotatable bonds is 5. The number of alkyl halides is 3. The summed E-state index contributed by atoms with van der Waals surface area (Å²) in [6, 6.07) is 5.80. The molecule has 0 aliphatic rings. The van der Waals surface area contributed by atoms with Crippen molar-refractivity contribution < 1.29 is 17.2 Å². The molecule has 0 saturated heterocycles. The summed E-state index contributed by atoms with van der Waals surface area (Å²) in [5.41, 5.74) is -0.138. The highest BCUT2D eigenvalue weighted by molar-refractivity contribution is 9.09. The van der Waals surface area contributed by atoms with Gasteiger partial charge in [0, 0.05) is 17.9 Å². The molecule has 0 fully saturated rings. The van der Waals surface area contributed by atoms with Crippen molar-refractivity contribution in [1.29, 1.82) is 0 Å². The fourth-order valence-electron chi connectivity index (χ4n) is 1.49. The van der Waals surface area contributed by atoms with Gasteiger partial charge >= 0.3 is 5.76 Å². The number of nitrogens with zero attached hydrogens (tertiary/aromatic N) is 1. The first-order valence-corrected chi connectivity index (χ1v) is 8.22. The molecule has 0 saturated carbocycles. The predicted octanol–water partition coefficient (Wildman–Crippen LogP) is 3.29. The molecule has 0 unspecified atom stereocenters. The van der Waals surface area contributed by atoms with Crippen molar-refractivity contribution in [3.63, 3.8) is 0 Å². The minimum absolute atomic E-state index is 0.271. The van der Waals surface area contributed by atoms with E-state index in [1.54, 1.807) is 18.0 Å². The summed E-state index contributed by atoms with van der Waals surface area (Å²) in [7, 11) is -2.93. The molecule has 0 spiro atoms. The standard InChI is InChI=1S/C12H16BrF2NO2S/c1-12(2,8-13)16(3)9-6-4-5-7-10(9)19(17,18)11(14)15/h4-7,11H,8H2,1-3H3. The fourth-order valence-corrected chi connectivity index (χ4v) is 2.82. The monoisotopic (exact) mass is 355 g/mol. The summed E-state index contributed by atoms with van der Waals surface area (Å²) >= 11 is 3.33. The SMILES string of the molecule is CN(c1ccccc1S(=O)(=O)C(F)F)C(C)(C)CBr. The first-order chi connectivity index (χ1) is 8.64. The molecular formula is C12H16BrF2NO2S. The zero-order valence-electron chi connectivity index (χ0n) is 10.9. The summed E-state index contributed by atoms with van der Waals surface area (Å²) in [5.74, 6) is -3.42. The summed E-state index contributed by atoms with van der Waals surface area (Å²) in [4.78, 5) is 1.33. The van der Waals surface area contributed by atoms with Crippen LogP contribution in [-0.2, 0) is 9.84 Å². The number of benzene rings is 1. The van der Waals surface area contributed by atoms with Gasteiger partial charge in [-0.3, -0.25) is 0 Å². The summed E-state index contributed by atoms with van der Waals surface area (Å²) in [6.45, 7) is 3.76. The molecule has 108 valence electrons. The molecule has 0 N–H and O–H groups in total. The minimum atomic E-state index is -4.61. The summed E-state index contributed by atoms with van der Waals surface area (Å²) in [5, 5.41) is 0.569. The molecule has 1 rings (SSSR count). The van der Waals surface area contributed by atoms with E-state index in [-0.39, 0.29) is 10.6 Å². The van der Waals surface area contributed by atoms with Crippen LogP contribution in [0.3, 0.4) is 0 Å². The maximum absolute atomic E-state index is 12.7. The van der Waals surface area contributed by atoms with Crippen LogP contribution in [0, 0.1) is 0 Å². The van der Waals surface area contributed by atoms with Gasteiger partial charge in [0.05, 0.1) is 10.6 Å². The lowest BCUT2D eigenvalue weighted by Gasteiger charge is -2.37. The Morgan fingerprint density at radius 1 is 1.32 bits per heavy atom. The van der Waals surface area contributed by atoms with E-state index < -0.39 is 21.1 Å². The van der Waals surface area contributed by atoms with E-state index in [2.05, 4.69) is 15.9 Å². The maximum atomic E-state index is 12.7. The molecule has 0 heterocycles. The minimum Gasteiger partial charge on any atom is -0.368 e. The maximum Gasteiger partial charge on any atom is 0.341 e. The van der Waals surface area contributed by atoms with Crippen molar-refractivity contribution in [2.45, 2.75) is 30.0 Å². The summed E-state index contributed by atoms with van der Waals surface area (Å²) in [6.07, 6.45) is 0. The van der Waals surface area contributed by atoms with E-state index in [0.29, 0.717) is 5.33 Å². The molecular weight excluding hydrogens is 340 g/mol. The van der Waals surface area contributed by atoms with Crippen LogP contribution in [-0.4, -0.2) is 32.1 Å². The van der Waals surface area contributed by atoms with Gasteiger partial charge in [-0.2, -0.15) is 8.78 Å². The number of hydrogen-bond donors (Lipinski definition) is 0. The second kappa shape index (κ2) is 5.75. The highest BCUT2D eigenvalue weighted by Gasteiger charge is 2.32. The average Bonchev–Trinajstić information content (AvgIpc) is 2.37. The van der Waals surface area contributed by atoms with E-state index in [0.717, 1.165) is 0 Å². The smallest absolute Gasteiger partial charge is 0.341 e. The Balaban J connectivity index is 3.40. The van der Waals surface area contributed by atoms with E-state index >= 15 is 0 Å². The zero-order chi connectivity index (χ0) is 14.8. The molecule has 0 aromatic heterocycles. The van der Waals surface area contributed by atoms with E-state index in [1.807, 2.05) is 13.8 Å². The van der Waals surface area contributed by atoms with E-state index in [9.17, 15) is 17.2 Å². The Hall–Kier alpha value is -0.690. The number of hydrogen-bond acceptors (Lipinski definition) is 3. The quantitative estimate of drug-likeness (QED) is 0.760. The molecule has 19 heavy (non-hydrogen) atoms. The van der Waals surface area contributed by atoms with Crippen molar-refractivity contribution in [1.82, 2.24) is 0 Å². The van der Waals surface area contributed by atoms with Crippen LogP contribution in [0.15, 0.2) is 29.2 Å². The Kier molecular flexibility index (Phi) is 4.95. The predicted molar refractivity (Wildman–Crippen MR) is 75.9 cm³/mol. The second-order valence-corrected chi connectivity index (χ2v) is 7.23. The number of para-hydroxylation sites is 1. The molecule has 0 aliphatic heterocycles. The fraction of sp³-hybridized carbons (Fsp3) is 0.500. The third kappa shape index (κ3) is 3.25. The van der Waals surface area contributed by atoms with Gasteiger partial charge in [-0.15, -0.1) is 0 Å². The van der Waals surface area contributed by atoms with Crippen LogP contribution >= 0.6 is 15.9 Å². The van der Waals surface area contributed by atoms with Gasteiger partial charge in [0.15, 0.2) is 0 Å². The lowest BCUT2D eigenvalue weighted by molar-refractivity contribution is 0.234. The van der Waals surface area contributed by atoms with Gasteiger partial charge < -0.3 is 4.90 Å². The van der Waals surface area contributed by atoms with Crippen LogP contribution < -0.4 is 4.90 Å². The number of sulfone groups is 1. The average molecular weight is 356 g/mol. The van der Waals surface area contributed by atoms with Crippen LogP contribution in [0.2, 0.25) is 0 Å². The van der Waals surface area contributed by atoms with Gasteiger partial charge in [-0.1, -0.05) is 28.1 Å². The van der Waals surface area contributed by atoms with Crippen LogP contribution in [0.5, 0.6) is 0 Å². The second-order valence-electron chi connectivity index (χ2n) is 4.78. The zero-order valence-corrected chi connectivity index (χ0v) is 13.3. The third-order valence-electron chi connectivity index (χ3n) is 3.00. The Morgan fingerprint density at radius 3 is 2.32 bits per heavy atom. The van der Waals surface area contributed by atoms with Crippen molar-refractivity contribution in [3.8, 4) is 0 Å². The molecule has 0 radical (unpaired) electrons. The van der Waals surface area contributed by atoms with Crippen molar-refractivity contribution >= 4 is 31.5 Å². The first-order valence-electron chi connectivity index (χ1n) is 5.55. The third-order valence-corrected chi connectivity index (χ3v) is 5.80. The Bertz CT molecular complexity index is 546. The molecule has 7 heteroatoms. The Labute approximate surface area is 120 Å². The highest BCUT2D eigenvalue weighted by Crippen LogP contribution is 2.32. The van der Waals surface area contributed by atoms with Crippen LogP contribution in [0.4, 0.5) is 14.5 Å². The van der Waals surface area contributed by atoms with Crippen LogP contribution in [0.1, 0.15) is 13.8 Å². The van der Waals surface area contributed by atoms with Gasteiger partial charge in [-0.05, 0) is 26.0 Å². The van der Waals surface area contributed by atoms with Gasteiger partial charge in [0.25, 0.3) is 0 Å². The number of halogens is 3. The Morgan fingerprint density at radius 2 is 1.84 bits per heavy atom. The van der Waals surface area contributed by atoms with E-state index in [1.165, 1.54) is 18.2 Å². The lowest BCUT2D eigenvalue weighted by atomic mass is 10.1. The molecule has 3 nitrogen and oxygen atoms in total. The molecule has 0 aliphatic carbocycles. The highest BCUT2D eigenvalue weighted by atomic mass is 79.9. The van der Waals surface area contributed by atoms with Gasteiger partial charge in [0.1, 0.15) is 0 Å². The van der Waals surface area contributed by atoms with Crippen molar-refractivity contribution in [3.05, 3.63) is 24.3 Å². The van der Waals surface area contributed by atoms with Gasteiger partial charge in [0.2, 0.25) is 9.84 Å². The molecule has 0 atom stereocenters. The van der Waals surface area contributed by atoms with Gasteiger partial charge in [-0.25, -0.2) is 8.42 Å². The van der Waals surface area contributed by atoms with Crippen LogP contribution in [0.25, 0.3) is 0 Å².